The Balaban J connectivity index is 3.67. The number of nitrogens with two attached hydrogens (primary N) is 1. The van der Waals surface area contributed by atoms with E-state index >= 15 is 0 Å². The molecule has 0 aliphatic rings. The van der Waals surface area contributed by atoms with Gasteiger partial charge in [0.05, 0.1) is 0 Å². The van der Waals surface area contributed by atoms with Crippen molar-refractivity contribution < 1.29 is 30.7 Å². The maximum absolute atomic E-state index is 5.87. The first-order valence-corrected chi connectivity index (χ1v) is 7.65. The summed E-state index contributed by atoms with van der Waals surface area (Å²) < 4.78 is 11.5. The molecule has 0 aromatic rings. The average Bonchev–Trinajstić information content (AvgIpc) is 2.11. The van der Waals surface area contributed by atoms with E-state index in [2.05, 4.69) is 4.93 Å². The number of halogens is 1. The molecule has 0 saturated carbocycles. The van der Waals surface area contributed by atoms with Crippen molar-refractivity contribution in [1.82, 2.24) is 0 Å². The van der Waals surface area contributed by atoms with Crippen molar-refractivity contribution in [3.8, 4) is 0 Å². The second-order valence-electron chi connectivity index (χ2n) is 2.77. The van der Waals surface area contributed by atoms with E-state index in [-0.39, 0.29) is 39.5 Å². The minimum atomic E-state index is -0.0226. The Hall–Kier alpha value is 0.610. The second kappa shape index (κ2) is 7.06. The molecule has 4 heteroatoms. The molecule has 76 valence electrons. The van der Waals surface area contributed by atoms with Crippen LogP contribution in [0, 0.1) is 0 Å². The normalized spacial score (nSPS) is 19.1. The first-order chi connectivity index (χ1) is 5.63. The maximum atomic E-state index is 5.87. The topological polar surface area (TPSA) is 44.5 Å². The number of alkyl halides is 2. The zero-order chi connectivity index (χ0) is 9.56. The van der Waals surface area contributed by atoms with Gasteiger partial charge in [0.25, 0.3) is 0 Å². The van der Waals surface area contributed by atoms with Crippen LogP contribution in [0.3, 0.4) is 0 Å². The third-order valence-corrected chi connectivity index (χ3v) is 2.87. The molecule has 0 unspecified atom stereocenters. The Bertz CT molecular complexity index is 113. The Kier molecular flexibility index (Phi) is 7.41. The molecule has 0 bridgehead atoms. The summed E-state index contributed by atoms with van der Waals surface area (Å²) in [5.74, 6) is 0. The van der Waals surface area contributed by atoms with Gasteiger partial charge in [-0.3, -0.25) is 0 Å². The fourth-order valence-corrected chi connectivity index (χ4v) is 1.74. The summed E-state index contributed by atoms with van der Waals surface area (Å²) in [4.78, 5) is 2.19. The minimum absolute atomic E-state index is 0.0226. The Morgan fingerprint density at radius 2 is 1.92 bits per heavy atom. The van der Waals surface area contributed by atoms with E-state index in [1.807, 2.05) is 13.8 Å². The van der Waals surface area contributed by atoms with Crippen molar-refractivity contribution in [3.05, 3.63) is 0 Å². The molecule has 0 aromatic heterocycles. The van der Waals surface area contributed by atoms with Crippen molar-refractivity contribution in [2.45, 2.75) is 32.1 Å². The fraction of sp³-hybridized carbons (Fsp3) is 1.00. The molecule has 0 rings (SSSR count). The van der Waals surface area contributed by atoms with Crippen molar-refractivity contribution in [3.63, 3.8) is 0 Å². The van der Waals surface area contributed by atoms with Crippen molar-refractivity contribution >= 4 is 0 Å². The third kappa shape index (κ3) is 4.59. The quantitative estimate of drug-likeness (QED) is 0.432. The summed E-state index contributed by atoms with van der Waals surface area (Å²) >= 11 is 0.205. The van der Waals surface area contributed by atoms with Gasteiger partial charge in [-0.05, 0) is 0 Å². The molecule has 0 heterocycles. The average molecular weight is 288 g/mol. The van der Waals surface area contributed by atoms with Crippen molar-refractivity contribution in [1.29, 1.82) is 0 Å². The number of hydrogen-bond donors (Lipinski definition) is 1. The molecular weight excluding hydrogens is 269 g/mol. The van der Waals surface area contributed by atoms with Gasteiger partial charge >= 0.3 is 85.2 Å². The summed E-state index contributed by atoms with van der Waals surface area (Å²) in [5, 5.41) is 0. The van der Waals surface area contributed by atoms with Crippen LogP contribution in [0.25, 0.3) is 0 Å². The zero-order valence-corrected chi connectivity index (χ0v) is 10.4. The molecule has 0 aliphatic carbocycles. The Labute approximate surface area is 85.2 Å². The molecule has 0 aliphatic heterocycles. The van der Waals surface area contributed by atoms with Crippen LogP contribution in [0.2, 0.25) is 0 Å². The van der Waals surface area contributed by atoms with E-state index in [4.69, 9.17) is 15.2 Å². The van der Waals surface area contributed by atoms with E-state index in [9.17, 15) is 0 Å². The molecular formula is C8H19INO2-. The van der Waals surface area contributed by atoms with E-state index in [0.29, 0.717) is 0 Å². The summed E-state index contributed by atoms with van der Waals surface area (Å²) in [7, 11) is 1.67. The van der Waals surface area contributed by atoms with Gasteiger partial charge in [-0.2, -0.15) is 0 Å². The van der Waals surface area contributed by atoms with Crippen LogP contribution in [0.1, 0.15) is 13.8 Å². The first kappa shape index (κ1) is 12.6. The monoisotopic (exact) mass is 288 g/mol. The SMILES string of the molecule is CO[C@@H](C)[C@@H](N)[C@H](C)OC[I-]C. The van der Waals surface area contributed by atoms with Gasteiger partial charge in [-0.1, -0.05) is 0 Å². The molecule has 0 amide bonds. The van der Waals surface area contributed by atoms with Crippen LogP contribution in [0.15, 0.2) is 0 Å². The van der Waals surface area contributed by atoms with Gasteiger partial charge in [0, 0.05) is 0 Å². The van der Waals surface area contributed by atoms with Gasteiger partial charge in [0.2, 0.25) is 0 Å². The van der Waals surface area contributed by atoms with Crippen LogP contribution in [0.5, 0.6) is 0 Å². The number of rotatable bonds is 6. The van der Waals surface area contributed by atoms with Gasteiger partial charge in [-0.15, -0.1) is 0 Å². The molecule has 0 radical (unpaired) electrons. The van der Waals surface area contributed by atoms with Crippen LogP contribution < -0.4 is 26.9 Å². The van der Waals surface area contributed by atoms with Crippen LogP contribution in [0.4, 0.5) is 0 Å². The van der Waals surface area contributed by atoms with Crippen LogP contribution in [-0.4, -0.2) is 34.9 Å². The molecule has 12 heavy (non-hydrogen) atoms. The first-order valence-electron chi connectivity index (χ1n) is 3.97. The third-order valence-electron chi connectivity index (χ3n) is 1.89. The fourth-order valence-electron chi connectivity index (χ4n) is 0.812. The number of ether oxygens (including phenoxy) is 2. The van der Waals surface area contributed by atoms with Crippen molar-refractivity contribution in [2.75, 3.05) is 16.7 Å². The summed E-state index contributed by atoms with van der Waals surface area (Å²) in [6, 6.07) is -0.0226. The molecule has 0 aromatic carbocycles. The molecule has 3 nitrogen and oxygen atoms in total. The van der Waals surface area contributed by atoms with Crippen LogP contribution >= 0.6 is 0 Å². The molecule has 0 fully saturated rings. The Morgan fingerprint density at radius 3 is 2.33 bits per heavy atom. The van der Waals surface area contributed by atoms with E-state index in [0.717, 1.165) is 4.61 Å². The summed E-state index contributed by atoms with van der Waals surface area (Å²) in [5.41, 5.74) is 5.87. The van der Waals surface area contributed by atoms with E-state index < -0.39 is 0 Å². The molecule has 3 atom stereocenters. The van der Waals surface area contributed by atoms with Gasteiger partial charge in [0.15, 0.2) is 0 Å². The van der Waals surface area contributed by atoms with Gasteiger partial charge < -0.3 is 0 Å². The van der Waals surface area contributed by atoms with E-state index in [1.54, 1.807) is 7.11 Å². The molecule has 0 spiro atoms. The number of methoxy groups -OCH3 is 1. The number of hydrogen-bond acceptors (Lipinski definition) is 3. The van der Waals surface area contributed by atoms with Gasteiger partial charge in [-0.25, -0.2) is 0 Å². The predicted octanol–water partition coefficient (Wildman–Crippen LogP) is -2.57. The molecule has 2 N–H and O–H groups in total. The van der Waals surface area contributed by atoms with Crippen molar-refractivity contribution in [2.24, 2.45) is 5.73 Å². The summed E-state index contributed by atoms with van der Waals surface area (Å²) in [6.45, 7) is 3.96. The zero-order valence-electron chi connectivity index (χ0n) is 8.21. The summed E-state index contributed by atoms with van der Waals surface area (Å²) in [6.07, 6.45) is 0.162. The molecule has 0 saturated heterocycles. The second-order valence-corrected chi connectivity index (χ2v) is 4.91. The van der Waals surface area contributed by atoms with Crippen LogP contribution in [-0.2, 0) is 9.47 Å². The predicted molar refractivity (Wildman–Crippen MR) is 45.8 cm³/mol. The van der Waals surface area contributed by atoms with Gasteiger partial charge in [0.1, 0.15) is 0 Å². The standard InChI is InChI=1S/C8H19INO2/c1-6(11-4)8(10)7(2)12-5-9-3/h6-8H,5,10H2,1-4H3/q-1/t6-,7-,8+/m0/s1. The van der Waals surface area contributed by atoms with E-state index in [1.165, 1.54) is 0 Å². The Morgan fingerprint density at radius 1 is 1.33 bits per heavy atom.